The predicted octanol–water partition coefficient (Wildman–Crippen LogP) is 5.52. The molecule has 0 saturated carbocycles. The zero-order valence-electron chi connectivity index (χ0n) is 16.8. The number of aryl methyl sites for hydroxylation is 1. The fourth-order valence-corrected chi connectivity index (χ4v) is 4.52. The van der Waals surface area contributed by atoms with E-state index in [4.69, 9.17) is 4.98 Å². The van der Waals surface area contributed by atoms with Gasteiger partial charge in [0.05, 0.1) is 16.4 Å². The van der Waals surface area contributed by atoms with Crippen molar-refractivity contribution in [3.8, 4) is 0 Å². The second-order valence-corrected chi connectivity index (χ2v) is 8.11. The number of hydrogen-bond acceptors (Lipinski definition) is 1. The van der Waals surface area contributed by atoms with Crippen molar-refractivity contribution < 1.29 is 4.58 Å². The normalized spacial score (nSPS) is 15.9. The smallest absolute Gasteiger partial charge is 0.209 e. The molecule has 4 aromatic rings. The van der Waals surface area contributed by atoms with Crippen LogP contribution < -0.4 is 0 Å². The third kappa shape index (κ3) is 2.29. The molecule has 2 aromatic carbocycles. The molecule has 138 valence electrons. The number of allylic oxidation sites excluding steroid dienone is 1. The van der Waals surface area contributed by atoms with Gasteiger partial charge in [0.25, 0.3) is 0 Å². The van der Waals surface area contributed by atoms with Gasteiger partial charge in [-0.15, -0.1) is 0 Å². The van der Waals surface area contributed by atoms with Crippen LogP contribution in [0.15, 0.2) is 66.9 Å². The molecule has 28 heavy (non-hydrogen) atoms. The zero-order valence-corrected chi connectivity index (χ0v) is 16.8. The molecule has 1 aliphatic rings. The number of aromatic nitrogens is 2. The molecule has 1 aliphatic heterocycles. The van der Waals surface area contributed by atoms with Gasteiger partial charge in [-0.05, 0) is 56.2 Å². The van der Waals surface area contributed by atoms with E-state index in [1.54, 1.807) is 0 Å². The van der Waals surface area contributed by atoms with Crippen molar-refractivity contribution in [2.24, 2.45) is 0 Å². The molecular weight excluding hydrogens is 342 g/mol. The van der Waals surface area contributed by atoms with E-state index in [1.807, 2.05) is 6.07 Å². The van der Waals surface area contributed by atoms with Gasteiger partial charge in [0.2, 0.25) is 5.69 Å². The minimum absolute atomic E-state index is 0.0121. The van der Waals surface area contributed by atoms with Crippen LogP contribution in [0.4, 0.5) is 5.69 Å². The maximum atomic E-state index is 4.84. The van der Waals surface area contributed by atoms with Crippen LogP contribution in [-0.2, 0) is 5.41 Å². The lowest BCUT2D eigenvalue weighted by Crippen LogP contribution is -2.26. The lowest BCUT2D eigenvalue weighted by Gasteiger charge is -2.15. The summed E-state index contributed by atoms with van der Waals surface area (Å²) in [5.41, 5.74) is 9.58. The van der Waals surface area contributed by atoms with Gasteiger partial charge >= 0.3 is 0 Å². The Morgan fingerprint density at radius 3 is 2.54 bits per heavy atom. The van der Waals surface area contributed by atoms with Crippen LogP contribution in [0.25, 0.3) is 22.8 Å². The van der Waals surface area contributed by atoms with Crippen LogP contribution in [0.3, 0.4) is 0 Å². The SMILES string of the molecule is Cc1c(/C=C/C2=[N+](C)c3ccccc3C2(C)C)ccn2c1nc1ccccc12. The first-order valence-corrected chi connectivity index (χ1v) is 9.73. The Bertz CT molecular complexity index is 1300. The topological polar surface area (TPSA) is 20.3 Å². The van der Waals surface area contributed by atoms with Gasteiger partial charge in [0.15, 0.2) is 5.71 Å². The fraction of sp³-hybridized carbons (Fsp3) is 0.200. The molecule has 0 amide bonds. The van der Waals surface area contributed by atoms with Crippen LogP contribution in [0.5, 0.6) is 0 Å². The Morgan fingerprint density at radius 1 is 0.964 bits per heavy atom. The highest BCUT2D eigenvalue weighted by Crippen LogP contribution is 2.39. The van der Waals surface area contributed by atoms with Crippen molar-refractivity contribution in [1.29, 1.82) is 0 Å². The number of rotatable bonds is 2. The molecule has 0 radical (unpaired) electrons. The van der Waals surface area contributed by atoms with Gasteiger partial charge in [-0.25, -0.2) is 4.98 Å². The van der Waals surface area contributed by atoms with Gasteiger partial charge < -0.3 is 0 Å². The van der Waals surface area contributed by atoms with Gasteiger partial charge in [-0.1, -0.05) is 30.3 Å². The first kappa shape index (κ1) is 16.9. The molecule has 5 rings (SSSR count). The van der Waals surface area contributed by atoms with Gasteiger partial charge in [-0.3, -0.25) is 4.40 Å². The highest BCUT2D eigenvalue weighted by Gasteiger charge is 2.42. The fourth-order valence-electron chi connectivity index (χ4n) is 4.52. The lowest BCUT2D eigenvalue weighted by molar-refractivity contribution is -0.401. The molecule has 0 unspecified atom stereocenters. The largest absolute Gasteiger partial charge is 0.299 e. The standard InChI is InChI=1S/C25H24N3/c1-17-18(15-16-28-22-12-8-6-10-20(22)26-24(17)28)13-14-23-25(2,3)19-9-5-7-11-21(19)27(23)4/h5-16H,1-4H3/q+1. The molecular formula is C25H24N3+. The molecule has 2 aromatic heterocycles. The van der Waals surface area contributed by atoms with E-state index < -0.39 is 0 Å². The van der Waals surface area contributed by atoms with E-state index in [2.05, 4.69) is 104 Å². The second kappa shape index (κ2) is 5.90. The molecule has 0 saturated heterocycles. The third-order valence-electron chi connectivity index (χ3n) is 6.13. The number of fused-ring (bicyclic) bond motifs is 4. The number of pyridine rings is 1. The van der Waals surface area contributed by atoms with Crippen molar-refractivity contribution in [1.82, 2.24) is 9.38 Å². The highest BCUT2D eigenvalue weighted by atomic mass is 15.0. The van der Waals surface area contributed by atoms with E-state index in [0.717, 1.165) is 16.7 Å². The Labute approximate surface area is 165 Å². The van der Waals surface area contributed by atoms with E-state index >= 15 is 0 Å². The van der Waals surface area contributed by atoms with E-state index in [0.29, 0.717) is 0 Å². The molecule has 0 spiro atoms. The van der Waals surface area contributed by atoms with E-state index in [1.165, 1.54) is 28.1 Å². The first-order chi connectivity index (χ1) is 13.5. The molecule has 3 nitrogen and oxygen atoms in total. The van der Waals surface area contributed by atoms with Gasteiger partial charge in [0.1, 0.15) is 12.7 Å². The van der Waals surface area contributed by atoms with Gasteiger partial charge in [0, 0.05) is 23.9 Å². The van der Waals surface area contributed by atoms with Crippen LogP contribution in [-0.4, -0.2) is 26.7 Å². The number of nitrogens with zero attached hydrogens (tertiary/aromatic N) is 3. The summed E-state index contributed by atoms with van der Waals surface area (Å²) in [6.07, 6.45) is 6.62. The van der Waals surface area contributed by atoms with Crippen LogP contribution in [0.2, 0.25) is 0 Å². The summed E-state index contributed by atoms with van der Waals surface area (Å²) in [7, 11) is 2.16. The van der Waals surface area contributed by atoms with Crippen molar-refractivity contribution in [2.75, 3.05) is 7.05 Å². The second-order valence-electron chi connectivity index (χ2n) is 8.11. The number of imidazole rings is 1. The number of benzene rings is 2. The number of hydrogen-bond donors (Lipinski definition) is 0. The Kier molecular flexibility index (Phi) is 3.57. The average molecular weight is 366 g/mol. The Morgan fingerprint density at radius 2 is 1.71 bits per heavy atom. The van der Waals surface area contributed by atoms with E-state index in [9.17, 15) is 0 Å². The minimum Gasteiger partial charge on any atom is -0.299 e. The van der Waals surface area contributed by atoms with Crippen LogP contribution in [0.1, 0.15) is 30.5 Å². The van der Waals surface area contributed by atoms with Crippen molar-refractivity contribution in [3.63, 3.8) is 0 Å². The van der Waals surface area contributed by atoms with Crippen LogP contribution in [0, 0.1) is 6.92 Å². The molecule has 0 atom stereocenters. The molecule has 0 aliphatic carbocycles. The zero-order chi connectivity index (χ0) is 19.5. The minimum atomic E-state index is -0.0121. The monoisotopic (exact) mass is 366 g/mol. The number of para-hydroxylation sites is 3. The Balaban J connectivity index is 1.61. The summed E-state index contributed by atoms with van der Waals surface area (Å²) in [5, 5.41) is 0. The quantitative estimate of drug-likeness (QED) is 0.428. The molecule has 0 N–H and O–H groups in total. The summed E-state index contributed by atoms with van der Waals surface area (Å²) in [4.78, 5) is 4.84. The summed E-state index contributed by atoms with van der Waals surface area (Å²) < 4.78 is 4.49. The van der Waals surface area contributed by atoms with Gasteiger partial charge in [-0.2, -0.15) is 4.58 Å². The molecule has 3 heterocycles. The first-order valence-electron chi connectivity index (χ1n) is 9.73. The van der Waals surface area contributed by atoms with Crippen molar-refractivity contribution in [3.05, 3.63) is 83.6 Å². The van der Waals surface area contributed by atoms with Crippen molar-refractivity contribution >= 4 is 34.2 Å². The summed E-state index contributed by atoms with van der Waals surface area (Å²) in [6.45, 7) is 6.75. The summed E-state index contributed by atoms with van der Waals surface area (Å²) in [5.74, 6) is 0. The van der Waals surface area contributed by atoms with Crippen molar-refractivity contribution in [2.45, 2.75) is 26.2 Å². The van der Waals surface area contributed by atoms with Crippen LogP contribution >= 0.6 is 0 Å². The Hall–Kier alpha value is -3.20. The molecule has 0 fully saturated rings. The summed E-state index contributed by atoms with van der Waals surface area (Å²) in [6, 6.07) is 19.1. The highest BCUT2D eigenvalue weighted by molar-refractivity contribution is 6.05. The molecule has 3 heteroatoms. The average Bonchev–Trinajstić information content (AvgIpc) is 3.17. The maximum Gasteiger partial charge on any atom is 0.209 e. The summed E-state index contributed by atoms with van der Waals surface area (Å²) >= 11 is 0. The third-order valence-corrected chi connectivity index (χ3v) is 6.13. The maximum absolute atomic E-state index is 4.84. The lowest BCUT2D eigenvalue weighted by atomic mass is 9.81. The molecule has 0 bridgehead atoms. The predicted molar refractivity (Wildman–Crippen MR) is 117 cm³/mol. The van der Waals surface area contributed by atoms with E-state index in [-0.39, 0.29) is 5.41 Å².